The van der Waals surface area contributed by atoms with Crippen molar-refractivity contribution in [1.82, 2.24) is 4.90 Å². The first-order chi connectivity index (χ1) is 8.67. The van der Waals surface area contributed by atoms with Crippen molar-refractivity contribution in [3.05, 3.63) is 29.6 Å². The standard InChI is InChI=1S/C14H18FN3/c1-3-17(2)11-7-8-18(10-11)14-6-4-5-13(15)12(14)9-16/h4-6,11H,3,7-8,10H2,1-2H3. The van der Waals surface area contributed by atoms with Crippen LogP contribution in [0, 0.1) is 17.1 Å². The van der Waals surface area contributed by atoms with Gasteiger partial charge >= 0.3 is 0 Å². The van der Waals surface area contributed by atoms with E-state index in [0.717, 1.165) is 31.7 Å². The number of hydrogen-bond acceptors (Lipinski definition) is 3. The van der Waals surface area contributed by atoms with Gasteiger partial charge in [-0.2, -0.15) is 5.26 Å². The number of likely N-dealkylation sites (N-methyl/N-ethyl adjacent to an activating group) is 1. The predicted molar refractivity (Wildman–Crippen MR) is 70.0 cm³/mol. The topological polar surface area (TPSA) is 30.3 Å². The van der Waals surface area contributed by atoms with Gasteiger partial charge in [0.2, 0.25) is 0 Å². The molecule has 1 heterocycles. The minimum atomic E-state index is -0.428. The maximum atomic E-state index is 13.6. The maximum absolute atomic E-state index is 13.6. The molecule has 1 aromatic carbocycles. The quantitative estimate of drug-likeness (QED) is 0.820. The lowest BCUT2D eigenvalue weighted by Crippen LogP contribution is -2.34. The van der Waals surface area contributed by atoms with E-state index in [-0.39, 0.29) is 5.56 Å². The lowest BCUT2D eigenvalue weighted by Gasteiger charge is -2.24. The number of benzene rings is 1. The molecule has 96 valence electrons. The Hall–Kier alpha value is -1.60. The highest BCUT2D eigenvalue weighted by Crippen LogP contribution is 2.27. The molecule has 0 radical (unpaired) electrons. The molecule has 1 atom stereocenters. The summed E-state index contributed by atoms with van der Waals surface area (Å²) >= 11 is 0. The molecule has 0 saturated carbocycles. The summed E-state index contributed by atoms with van der Waals surface area (Å²) < 4.78 is 13.6. The highest BCUT2D eigenvalue weighted by atomic mass is 19.1. The van der Waals surface area contributed by atoms with Gasteiger partial charge in [-0.05, 0) is 32.1 Å². The summed E-state index contributed by atoms with van der Waals surface area (Å²) in [6.45, 7) is 4.88. The number of hydrogen-bond donors (Lipinski definition) is 0. The monoisotopic (exact) mass is 247 g/mol. The van der Waals surface area contributed by atoms with Gasteiger partial charge in [-0.15, -0.1) is 0 Å². The molecule has 0 N–H and O–H groups in total. The van der Waals surface area contributed by atoms with E-state index in [1.807, 2.05) is 12.1 Å². The zero-order chi connectivity index (χ0) is 13.1. The third-order valence-corrected chi connectivity index (χ3v) is 3.73. The van der Waals surface area contributed by atoms with Crippen molar-refractivity contribution in [3.8, 4) is 6.07 Å². The van der Waals surface area contributed by atoms with Gasteiger partial charge in [0.1, 0.15) is 17.4 Å². The van der Waals surface area contributed by atoms with E-state index < -0.39 is 5.82 Å². The van der Waals surface area contributed by atoms with Crippen molar-refractivity contribution in [3.63, 3.8) is 0 Å². The smallest absolute Gasteiger partial charge is 0.143 e. The SMILES string of the molecule is CCN(C)C1CCN(c2cccc(F)c2C#N)C1. The number of rotatable bonds is 3. The van der Waals surface area contributed by atoms with Crippen molar-refractivity contribution in [2.45, 2.75) is 19.4 Å². The van der Waals surface area contributed by atoms with Crippen LogP contribution in [-0.4, -0.2) is 37.6 Å². The molecule has 1 aliphatic rings. The Bertz CT molecular complexity index is 467. The second-order valence-electron chi connectivity index (χ2n) is 4.71. The summed E-state index contributed by atoms with van der Waals surface area (Å²) in [5.74, 6) is -0.428. The molecule has 1 fully saturated rings. The van der Waals surface area contributed by atoms with Gasteiger partial charge in [0.25, 0.3) is 0 Å². The van der Waals surface area contributed by atoms with Gasteiger partial charge in [-0.1, -0.05) is 13.0 Å². The van der Waals surface area contributed by atoms with E-state index in [1.54, 1.807) is 6.07 Å². The van der Waals surface area contributed by atoms with E-state index in [0.29, 0.717) is 6.04 Å². The molecule has 1 aromatic rings. The van der Waals surface area contributed by atoms with Crippen molar-refractivity contribution in [1.29, 1.82) is 5.26 Å². The average molecular weight is 247 g/mol. The normalized spacial score (nSPS) is 19.3. The zero-order valence-corrected chi connectivity index (χ0v) is 10.9. The summed E-state index contributed by atoms with van der Waals surface area (Å²) in [5.41, 5.74) is 0.891. The molecule has 4 heteroatoms. The van der Waals surface area contributed by atoms with Gasteiger partial charge in [0.15, 0.2) is 0 Å². The van der Waals surface area contributed by atoms with Crippen LogP contribution in [0.5, 0.6) is 0 Å². The largest absolute Gasteiger partial charge is 0.369 e. The molecule has 2 rings (SSSR count). The van der Waals surface area contributed by atoms with Crippen molar-refractivity contribution >= 4 is 5.69 Å². The van der Waals surface area contributed by atoms with Gasteiger partial charge < -0.3 is 9.80 Å². The summed E-state index contributed by atoms with van der Waals surface area (Å²) in [4.78, 5) is 4.41. The first-order valence-electron chi connectivity index (χ1n) is 6.31. The van der Waals surface area contributed by atoms with Crippen LogP contribution < -0.4 is 4.90 Å². The fourth-order valence-corrected chi connectivity index (χ4v) is 2.47. The Morgan fingerprint density at radius 1 is 1.56 bits per heavy atom. The second-order valence-corrected chi connectivity index (χ2v) is 4.71. The fraction of sp³-hybridized carbons (Fsp3) is 0.500. The van der Waals surface area contributed by atoms with Crippen molar-refractivity contribution in [2.75, 3.05) is 31.6 Å². The Balaban J connectivity index is 2.20. The van der Waals surface area contributed by atoms with Gasteiger partial charge in [-0.25, -0.2) is 4.39 Å². The van der Waals surface area contributed by atoms with Crippen LogP contribution in [0.1, 0.15) is 18.9 Å². The Kier molecular flexibility index (Phi) is 3.83. The van der Waals surface area contributed by atoms with Gasteiger partial charge in [-0.3, -0.25) is 0 Å². The Labute approximate surface area is 107 Å². The first-order valence-corrected chi connectivity index (χ1v) is 6.31. The molecule has 1 saturated heterocycles. The minimum Gasteiger partial charge on any atom is -0.369 e. The highest BCUT2D eigenvalue weighted by molar-refractivity contribution is 5.60. The molecule has 0 aromatic heterocycles. The summed E-state index contributed by atoms with van der Waals surface area (Å²) in [5, 5.41) is 9.05. The third-order valence-electron chi connectivity index (χ3n) is 3.73. The summed E-state index contributed by atoms with van der Waals surface area (Å²) in [6, 6.07) is 7.30. The van der Waals surface area contributed by atoms with Crippen LogP contribution in [0.25, 0.3) is 0 Å². The molecule has 1 unspecified atom stereocenters. The molecule has 0 spiro atoms. The summed E-state index contributed by atoms with van der Waals surface area (Å²) in [6.07, 6.45) is 1.06. The number of anilines is 1. The maximum Gasteiger partial charge on any atom is 0.143 e. The molecular weight excluding hydrogens is 229 g/mol. The van der Waals surface area contributed by atoms with Crippen molar-refractivity contribution < 1.29 is 4.39 Å². The van der Waals surface area contributed by atoms with Gasteiger partial charge in [0.05, 0.1) is 5.69 Å². The zero-order valence-electron chi connectivity index (χ0n) is 10.9. The molecule has 0 amide bonds. The Morgan fingerprint density at radius 3 is 3.00 bits per heavy atom. The van der Waals surface area contributed by atoms with E-state index in [9.17, 15) is 4.39 Å². The fourth-order valence-electron chi connectivity index (χ4n) is 2.47. The number of halogens is 1. The van der Waals surface area contributed by atoms with Crippen molar-refractivity contribution in [2.24, 2.45) is 0 Å². The molecule has 18 heavy (non-hydrogen) atoms. The second kappa shape index (κ2) is 5.36. The van der Waals surface area contributed by atoms with Crippen LogP contribution in [0.2, 0.25) is 0 Å². The summed E-state index contributed by atoms with van der Waals surface area (Å²) in [7, 11) is 2.10. The lowest BCUT2D eigenvalue weighted by molar-refractivity contribution is 0.272. The molecular formula is C14H18FN3. The van der Waals surface area contributed by atoms with Crippen LogP contribution >= 0.6 is 0 Å². The number of nitriles is 1. The first kappa shape index (κ1) is 12.8. The Morgan fingerprint density at radius 2 is 2.33 bits per heavy atom. The number of nitrogens with zero attached hydrogens (tertiary/aromatic N) is 3. The minimum absolute atomic E-state index is 0.164. The molecule has 0 bridgehead atoms. The average Bonchev–Trinajstić information content (AvgIpc) is 2.87. The highest BCUT2D eigenvalue weighted by Gasteiger charge is 2.27. The van der Waals surface area contributed by atoms with Crippen LogP contribution in [0.15, 0.2) is 18.2 Å². The predicted octanol–water partition coefficient (Wildman–Crippen LogP) is 2.23. The van der Waals surface area contributed by atoms with E-state index in [1.165, 1.54) is 6.07 Å². The lowest BCUT2D eigenvalue weighted by atomic mass is 10.1. The van der Waals surface area contributed by atoms with Crippen LogP contribution in [-0.2, 0) is 0 Å². The third kappa shape index (κ3) is 2.32. The van der Waals surface area contributed by atoms with Crippen LogP contribution in [0.3, 0.4) is 0 Å². The molecule has 0 aliphatic carbocycles. The van der Waals surface area contributed by atoms with E-state index in [2.05, 4.69) is 23.8 Å². The van der Waals surface area contributed by atoms with E-state index >= 15 is 0 Å². The molecule has 1 aliphatic heterocycles. The van der Waals surface area contributed by atoms with Gasteiger partial charge in [0, 0.05) is 19.1 Å². The van der Waals surface area contributed by atoms with Crippen LogP contribution in [0.4, 0.5) is 10.1 Å². The molecule has 3 nitrogen and oxygen atoms in total. The van der Waals surface area contributed by atoms with E-state index in [4.69, 9.17) is 5.26 Å².